The summed E-state index contributed by atoms with van der Waals surface area (Å²) in [4.78, 5) is 26.3. The zero-order valence-corrected chi connectivity index (χ0v) is 13.7. The third kappa shape index (κ3) is 4.33. The summed E-state index contributed by atoms with van der Waals surface area (Å²) in [6, 6.07) is 0. The molecule has 122 valence electrons. The Morgan fingerprint density at radius 2 is 1.81 bits per heavy atom. The van der Waals surface area contributed by atoms with Crippen LogP contribution in [0.3, 0.4) is 0 Å². The Hall–Kier alpha value is -0.810. The van der Waals surface area contributed by atoms with Gasteiger partial charge in [-0.2, -0.15) is 0 Å². The molecule has 0 unspecified atom stereocenters. The van der Waals surface area contributed by atoms with E-state index in [0.29, 0.717) is 13.1 Å². The summed E-state index contributed by atoms with van der Waals surface area (Å²) in [6.45, 7) is 4.12. The van der Waals surface area contributed by atoms with E-state index in [4.69, 9.17) is 5.73 Å². The molecule has 1 heterocycles. The van der Waals surface area contributed by atoms with Crippen molar-refractivity contribution in [3.05, 3.63) is 0 Å². The lowest BCUT2D eigenvalue weighted by molar-refractivity contribution is -0.140. The van der Waals surface area contributed by atoms with E-state index in [1.165, 1.54) is 0 Å². The van der Waals surface area contributed by atoms with Crippen LogP contribution in [0.2, 0.25) is 0 Å². The molecular weight excluding hydrogens is 290 g/mol. The predicted octanol–water partition coefficient (Wildman–Crippen LogP) is 1.44. The molecule has 0 bridgehead atoms. The third-order valence-electron chi connectivity index (χ3n) is 4.62. The first kappa shape index (κ1) is 18.2. The number of nitrogens with one attached hydrogen (secondary N) is 1. The van der Waals surface area contributed by atoms with E-state index in [0.717, 1.165) is 51.5 Å². The first-order valence-corrected chi connectivity index (χ1v) is 7.93. The molecule has 6 heteroatoms. The average Bonchev–Trinajstić information content (AvgIpc) is 2.92. The number of piperidine rings is 1. The zero-order chi connectivity index (χ0) is 14.6. The van der Waals surface area contributed by atoms with Crippen LogP contribution in [0, 0.1) is 5.92 Å². The Labute approximate surface area is 133 Å². The molecule has 2 amide bonds. The Kier molecular flexibility index (Phi) is 6.94. The van der Waals surface area contributed by atoms with Crippen molar-refractivity contribution in [3.8, 4) is 0 Å². The van der Waals surface area contributed by atoms with Crippen LogP contribution in [-0.2, 0) is 9.59 Å². The lowest BCUT2D eigenvalue weighted by atomic mass is 9.92. The summed E-state index contributed by atoms with van der Waals surface area (Å²) in [7, 11) is 0. The van der Waals surface area contributed by atoms with Gasteiger partial charge >= 0.3 is 0 Å². The van der Waals surface area contributed by atoms with Gasteiger partial charge in [-0.1, -0.05) is 19.8 Å². The van der Waals surface area contributed by atoms with Crippen molar-refractivity contribution < 1.29 is 9.59 Å². The van der Waals surface area contributed by atoms with Crippen molar-refractivity contribution in [1.82, 2.24) is 10.2 Å². The van der Waals surface area contributed by atoms with E-state index < -0.39 is 5.54 Å². The minimum atomic E-state index is -0.628. The Morgan fingerprint density at radius 1 is 1.24 bits per heavy atom. The number of nitrogens with two attached hydrogens (primary N) is 1. The highest BCUT2D eigenvalue weighted by atomic mass is 35.5. The monoisotopic (exact) mass is 317 g/mol. The maximum Gasteiger partial charge on any atom is 0.242 e. The van der Waals surface area contributed by atoms with Crippen molar-refractivity contribution in [1.29, 1.82) is 0 Å². The van der Waals surface area contributed by atoms with Crippen molar-refractivity contribution >= 4 is 24.2 Å². The molecular formula is C15H28ClN3O2. The van der Waals surface area contributed by atoms with Crippen molar-refractivity contribution in [3.63, 3.8) is 0 Å². The SMILES string of the molecule is CCCNC(=O)C1CCN(C(=O)C2(N)CCCC2)CC1.Cl. The number of amides is 2. The number of halogens is 1. The highest BCUT2D eigenvalue weighted by Gasteiger charge is 2.41. The molecule has 0 aromatic heterocycles. The van der Waals surface area contributed by atoms with Gasteiger partial charge in [0.1, 0.15) is 0 Å². The summed E-state index contributed by atoms with van der Waals surface area (Å²) >= 11 is 0. The molecule has 1 aliphatic heterocycles. The highest BCUT2D eigenvalue weighted by Crippen LogP contribution is 2.30. The molecule has 1 aliphatic carbocycles. The van der Waals surface area contributed by atoms with Gasteiger partial charge < -0.3 is 16.0 Å². The van der Waals surface area contributed by atoms with Crippen LogP contribution in [0.15, 0.2) is 0 Å². The normalized spacial score (nSPS) is 21.7. The Bertz CT molecular complexity index is 362. The molecule has 0 aromatic carbocycles. The quantitative estimate of drug-likeness (QED) is 0.824. The van der Waals surface area contributed by atoms with Gasteiger partial charge in [0, 0.05) is 25.6 Å². The van der Waals surface area contributed by atoms with E-state index >= 15 is 0 Å². The second-order valence-corrected chi connectivity index (χ2v) is 6.22. The van der Waals surface area contributed by atoms with Gasteiger partial charge in [0.05, 0.1) is 5.54 Å². The third-order valence-corrected chi connectivity index (χ3v) is 4.62. The van der Waals surface area contributed by atoms with Gasteiger partial charge in [-0.15, -0.1) is 12.4 Å². The standard InChI is InChI=1S/C15H27N3O2.ClH/c1-2-9-17-13(19)12-5-10-18(11-6-12)14(20)15(16)7-3-4-8-15;/h12H,2-11,16H2,1H3,(H,17,19);1H. The number of carbonyl (C=O) groups excluding carboxylic acids is 2. The molecule has 0 spiro atoms. The number of hydrogen-bond donors (Lipinski definition) is 2. The molecule has 2 fully saturated rings. The van der Waals surface area contributed by atoms with Crippen LogP contribution in [-0.4, -0.2) is 41.9 Å². The summed E-state index contributed by atoms with van der Waals surface area (Å²) in [5, 5.41) is 2.94. The minimum Gasteiger partial charge on any atom is -0.356 e. The Balaban J connectivity index is 0.00000220. The highest BCUT2D eigenvalue weighted by molar-refractivity contribution is 5.87. The molecule has 3 N–H and O–H groups in total. The predicted molar refractivity (Wildman–Crippen MR) is 85.2 cm³/mol. The van der Waals surface area contributed by atoms with Crippen LogP contribution in [0.4, 0.5) is 0 Å². The molecule has 21 heavy (non-hydrogen) atoms. The molecule has 5 nitrogen and oxygen atoms in total. The summed E-state index contributed by atoms with van der Waals surface area (Å²) in [6.07, 6.45) is 6.20. The molecule has 1 saturated heterocycles. The van der Waals surface area contributed by atoms with Gasteiger partial charge in [0.25, 0.3) is 0 Å². The molecule has 2 aliphatic rings. The first-order valence-electron chi connectivity index (χ1n) is 7.93. The zero-order valence-electron chi connectivity index (χ0n) is 12.9. The number of rotatable bonds is 4. The van der Waals surface area contributed by atoms with E-state index in [9.17, 15) is 9.59 Å². The van der Waals surface area contributed by atoms with Crippen LogP contribution >= 0.6 is 12.4 Å². The van der Waals surface area contributed by atoms with E-state index in [-0.39, 0.29) is 30.1 Å². The van der Waals surface area contributed by atoms with E-state index in [1.807, 2.05) is 11.8 Å². The maximum absolute atomic E-state index is 12.5. The lowest BCUT2D eigenvalue weighted by Gasteiger charge is -2.36. The van der Waals surface area contributed by atoms with Crippen molar-refractivity contribution in [2.24, 2.45) is 11.7 Å². The van der Waals surface area contributed by atoms with E-state index in [1.54, 1.807) is 0 Å². The fraction of sp³-hybridized carbons (Fsp3) is 0.867. The fourth-order valence-corrected chi connectivity index (χ4v) is 3.27. The molecule has 2 rings (SSSR count). The minimum absolute atomic E-state index is 0. The van der Waals surface area contributed by atoms with Crippen LogP contribution in [0.25, 0.3) is 0 Å². The summed E-state index contributed by atoms with van der Waals surface area (Å²) in [5.74, 6) is 0.299. The van der Waals surface area contributed by atoms with Gasteiger partial charge in [0.15, 0.2) is 0 Å². The molecule has 0 aromatic rings. The number of hydrogen-bond acceptors (Lipinski definition) is 3. The molecule has 0 radical (unpaired) electrons. The average molecular weight is 318 g/mol. The second-order valence-electron chi connectivity index (χ2n) is 6.22. The fourth-order valence-electron chi connectivity index (χ4n) is 3.27. The van der Waals surface area contributed by atoms with Crippen LogP contribution in [0.1, 0.15) is 51.9 Å². The number of likely N-dealkylation sites (tertiary alicyclic amines) is 1. The second kappa shape index (κ2) is 7.99. The van der Waals surface area contributed by atoms with Gasteiger partial charge in [-0.05, 0) is 32.1 Å². The van der Waals surface area contributed by atoms with Crippen molar-refractivity contribution in [2.45, 2.75) is 57.4 Å². The number of nitrogens with zero attached hydrogens (tertiary/aromatic N) is 1. The van der Waals surface area contributed by atoms with E-state index in [2.05, 4.69) is 5.32 Å². The summed E-state index contributed by atoms with van der Waals surface area (Å²) in [5.41, 5.74) is 5.60. The van der Waals surface area contributed by atoms with Crippen LogP contribution < -0.4 is 11.1 Å². The van der Waals surface area contributed by atoms with Gasteiger partial charge in [-0.25, -0.2) is 0 Å². The van der Waals surface area contributed by atoms with Gasteiger partial charge in [0.2, 0.25) is 11.8 Å². The maximum atomic E-state index is 12.5. The molecule has 1 saturated carbocycles. The number of carbonyl (C=O) groups is 2. The first-order chi connectivity index (χ1) is 9.57. The lowest BCUT2D eigenvalue weighted by Crippen LogP contribution is -2.55. The Morgan fingerprint density at radius 3 is 2.33 bits per heavy atom. The topological polar surface area (TPSA) is 75.4 Å². The largest absolute Gasteiger partial charge is 0.356 e. The van der Waals surface area contributed by atoms with Crippen molar-refractivity contribution in [2.75, 3.05) is 19.6 Å². The smallest absolute Gasteiger partial charge is 0.242 e. The molecule has 0 atom stereocenters. The van der Waals surface area contributed by atoms with Gasteiger partial charge in [-0.3, -0.25) is 9.59 Å². The summed E-state index contributed by atoms with van der Waals surface area (Å²) < 4.78 is 0. The van der Waals surface area contributed by atoms with Crippen LogP contribution in [0.5, 0.6) is 0 Å².